The molecule has 2 aromatic rings. The van der Waals surface area contributed by atoms with Crippen LogP contribution in [0.5, 0.6) is 0 Å². The number of fused-ring (bicyclic) bond motifs is 1. The molecule has 0 aliphatic rings. The molecule has 0 saturated heterocycles. The average Bonchev–Trinajstić information content (AvgIpc) is 2.68. The number of aromatic nitrogens is 2. The van der Waals surface area contributed by atoms with Crippen LogP contribution in [0.4, 0.5) is 4.39 Å². The molecule has 0 bridgehead atoms. The van der Waals surface area contributed by atoms with Crippen molar-refractivity contribution >= 4 is 44.5 Å². The van der Waals surface area contributed by atoms with Gasteiger partial charge in [-0.2, -0.15) is 0 Å². The van der Waals surface area contributed by atoms with Crippen LogP contribution in [-0.4, -0.2) is 21.3 Å². The molecule has 0 atom stereocenters. The van der Waals surface area contributed by atoms with Crippen molar-refractivity contribution < 1.29 is 9.18 Å². The maximum Gasteiger partial charge on any atom is 0.243 e. The van der Waals surface area contributed by atoms with Crippen molar-refractivity contribution in [3.05, 3.63) is 28.2 Å². The van der Waals surface area contributed by atoms with Crippen LogP contribution in [0.3, 0.4) is 0 Å². The van der Waals surface area contributed by atoms with Gasteiger partial charge in [0.25, 0.3) is 0 Å². The number of hydrogen-bond donors (Lipinski definition) is 1. The fourth-order valence-electron chi connectivity index (χ4n) is 2.11. The van der Waals surface area contributed by atoms with Gasteiger partial charge < -0.3 is 10.3 Å². The molecular formula is C13H14BrClFN3O. The van der Waals surface area contributed by atoms with Crippen LogP contribution >= 0.6 is 27.5 Å². The Hall–Kier alpha value is -1.14. The maximum absolute atomic E-state index is 13.6. The zero-order chi connectivity index (χ0) is 15.1. The largest absolute Gasteiger partial charge is 0.368 e. The van der Waals surface area contributed by atoms with Crippen molar-refractivity contribution in [2.45, 2.75) is 25.8 Å². The van der Waals surface area contributed by atoms with Gasteiger partial charge in [0, 0.05) is 18.4 Å². The molecule has 1 aromatic heterocycles. The van der Waals surface area contributed by atoms with E-state index in [4.69, 9.17) is 17.3 Å². The van der Waals surface area contributed by atoms with Crippen LogP contribution < -0.4 is 5.73 Å². The van der Waals surface area contributed by atoms with Crippen molar-refractivity contribution in [1.29, 1.82) is 0 Å². The Morgan fingerprint density at radius 2 is 2.20 bits per heavy atom. The standard InChI is InChI=1S/C13H14BrClFN3O/c1-13(2,12(17)20)19-10-5-7(14)8(16)6-9(10)18-11(19)3-4-15/h5-6H,3-4H2,1-2H3,(H2,17,20). The highest BCUT2D eigenvalue weighted by molar-refractivity contribution is 9.10. The van der Waals surface area contributed by atoms with E-state index in [2.05, 4.69) is 20.9 Å². The fourth-order valence-corrected chi connectivity index (χ4v) is 2.61. The molecule has 0 saturated carbocycles. The SMILES string of the molecule is CC(C)(C(N)=O)n1c(CCCl)nc2cc(F)c(Br)cc21. The summed E-state index contributed by atoms with van der Waals surface area (Å²) in [5.74, 6) is 0.0581. The molecule has 0 unspecified atom stereocenters. The number of aryl methyl sites for hydroxylation is 1. The molecule has 1 aromatic carbocycles. The lowest BCUT2D eigenvalue weighted by atomic mass is 10.0. The summed E-state index contributed by atoms with van der Waals surface area (Å²) >= 11 is 8.92. The zero-order valence-corrected chi connectivity index (χ0v) is 13.4. The third-order valence-corrected chi connectivity index (χ3v) is 4.04. The monoisotopic (exact) mass is 361 g/mol. The van der Waals surface area contributed by atoms with Gasteiger partial charge in [0.15, 0.2) is 0 Å². The Bertz CT molecular complexity index is 684. The third kappa shape index (κ3) is 2.42. The van der Waals surface area contributed by atoms with E-state index in [1.807, 2.05) is 0 Å². The predicted octanol–water partition coefficient (Wildman–Crippen LogP) is 2.94. The molecule has 2 N–H and O–H groups in total. The number of primary amides is 1. The molecule has 0 fully saturated rings. The van der Waals surface area contributed by atoms with E-state index in [1.54, 1.807) is 24.5 Å². The molecule has 108 valence electrons. The minimum Gasteiger partial charge on any atom is -0.368 e. The second-order valence-electron chi connectivity index (χ2n) is 4.98. The van der Waals surface area contributed by atoms with Crippen LogP contribution in [0, 0.1) is 5.82 Å². The first-order chi connectivity index (χ1) is 9.28. The molecule has 1 heterocycles. The normalized spacial score (nSPS) is 12.1. The summed E-state index contributed by atoms with van der Waals surface area (Å²) in [4.78, 5) is 16.1. The van der Waals surface area contributed by atoms with Crippen LogP contribution in [0.1, 0.15) is 19.7 Å². The maximum atomic E-state index is 13.6. The van der Waals surface area contributed by atoms with E-state index in [0.717, 1.165) is 0 Å². The molecule has 0 radical (unpaired) electrons. The lowest BCUT2D eigenvalue weighted by molar-refractivity contribution is -0.125. The average molecular weight is 363 g/mol. The molecule has 7 heteroatoms. The Kier molecular flexibility index (Phi) is 4.07. The number of alkyl halides is 1. The summed E-state index contributed by atoms with van der Waals surface area (Å²) in [6.45, 7) is 3.40. The number of amides is 1. The highest BCUT2D eigenvalue weighted by Gasteiger charge is 2.31. The number of carbonyl (C=O) groups is 1. The molecule has 0 spiro atoms. The number of benzene rings is 1. The van der Waals surface area contributed by atoms with Gasteiger partial charge >= 0.3 is 0 Å². The zero-order valence-electron chi connectivity index (χ0n) is 11.1. The molecular weight excluding hydrogens is 349 g/mol. The van der Waals surface area contributed by atoms with E-state index in [-0.39, 0.29) is 0 Å². The van der Waals surface area contributed by atoms with Gasteiger partial charge in [0.05, 0.1) is 15.5 Å². The number of nitrogens with two attached hydrogens (primary N) is 1. The van der Waals surface area contributed by atoms with E-state index in [0.29, 0.717) is 33.6 Å². The van der Waals surface area contributed by atoms with Gasteiger partial charge in [-0.05, 0) is 35.8 Å². The van der Waals surface area contributed by atoms with Gasteiger partial charge in [-0.3, -0.25) is 4.79 Å². The van der Waals surface area contributed by atoms with Gasteiger partial charge in [-0.15, -0.1) is 11.6 Å². The summed E-state index contributed by atoms with van der Waals surface area (Å²) in [5.41, 5.74) is 5.61. The second-order valence-corrected chi connectivity index (χ2v) is 6.21. The number of carbonyl (C=O) groups excluding carboxylic acids is 1. The molecule has 0 aliphatic heterocycles. The molecule has 0 aliphatic carbocycles. The number of imidazole rings is 1. The third-order valence-electron chi connectivity index (χ3n) is 3.25. The summed E-state index contributed by atoms with van der Waals surface area (Å²) in [7, 11) is 0. The Balaban J connectivity index is 2.81. The van der Waals surface area contributed by atoms with Crippen molar-refractivity contribution in [1.82, 2.24) is 9.55 Å². The Labute approximate surface area is 129 Å². The van der Waals surface area contributed by atoms with Crippen molar-refractivity contribution in [2.75, 3.05) is 5.88 Å². The van der Waals surface area contributed by atoms with E-state index in [1.165, 1.54) is 6.07 Å². The summed E-state index contributed by atoms with van der Waals surface area (Å²) in [6, 6.07) is 2.92. The lowest BCUT2D eigenvalue weighted by Gasteiger charge is -2.25. The Morgan fingerprint density at radius 3 is 2.75 bits per heavy atom. The Morgan fingerprint density at radius 1 is 1.55 bits per heavy atom. The first-order valence-electron chi connectivity index (χ1n) is 6.01. The highest BCUT2D eigenvalue weighted by Crippen LogP contribution is 2.29. The van der Waals surface area contributed by atoms with Crippen LogP contribution in [0.25, 0.3) is 11.0 Å². The highest BCUT2D eigenvalue weighted by atomic mass is 79.9. The first-order valence-corrected chi connectivity index (χ1v) is 7.34. The minimum absolute atomic E-state index is 0.309. The smallest absolute Gasteiger partial charge is 0.243 e. The van der Waals surface area contributed by atoms with Crippen LogP contribution in [0.2, 0.25) is 0 Å². The summed E-state index contributed by atoms with van der Waals surface area (Å²) < 4.78 is 15.6. The topological polar surface area (TPSA) is 60.9 Å². The number of halogens is 3. The minimum atomic E-state index is -0.979. The molecule has 2 rings (SSSR count). The number of nitrogens with zero attached hydrogens (tertiary/aromatic N) is 2. The van der Waals surface area contributed by atoms with Crippen molar-refractivity contribution in [3.8, 4) is 0 Å². The van der Waals surface area contributed by atoms with Crippen molar-refractivity contribution in [3.63, 3.8) is 0 Å². The quantitative estimate of drug-likeness (QED) is 0.850. The second kappa shape index (κ2) is 5.33. The van der Waals surface area contributed by atoms with Crippen LogP contribution in [0.15, 0.2) is 16.6 Å². The fraction of sp³-hybridized carbons (Fsp3) is 0.385. The van der Waals surface area contributed by atoms with Crippen molar-refractivity contribution in [2.24, 2.45) is 5.73 Å². The molecule has 1 amide bonds. The van der Waals surface area contributed by atoms with E-state index in [9.17, 15) is 9.18 Å². The van der Waals surface area contributed by atoms with Gasteiger partial charge in [0.2, 0.25) is 5.91 Å². The summed E-state index contributed by atoms with van der Waals surface area (Å²) in [5, 5.41) is 0. The number of rotatable bonds is 4. The molecule has 4 nitrogen and oxygen atoms in total. The predicted molar refractivity (Wildman–Crippen MR) is 80.3 cm³/mol. The van der Waals surface area contributed by atoms with Gasteiger partial charge in [0.1, 0.15) is 17.2 Å². The lowest BCUT2D eigenvalue weighted by Crippen LogP contribution is -2.42. The first kappa shape index (κ1) is 15.3. The van der Waals surface area contributed by atoms with Gasteiger partial charge in [-0.25, -0.2) is 9.37 Å². The van der Waals surface area contributed by atoms with Crippen LogP contribution in [-0.2, 0) is 16.8 Å². The van der Waals surface area contributed by atoms with E-state index >= 15 is 0 Å². The van der Waals surface area contributed by atoms with Gasteiger partial charge in [-0.1, -0.05) is 0 Å². The molecule has 20 heavy (non-hydrogen) atoms. The summed E-state index contributed by atoms with van der Waals surface area (Å²) in [6.07, 6.45) is 0.464. The van der Waals surface area contributed by atoms with E-state index < -0.39 is 17.3 Å². The number of hydrogen-bond acceptors (Lipinski definition) is 2.